The first-order valence-electron chi connectivity index (χ1n) is 5.67. The van der Waals surface area contributed by atoms with Crippen LogP contribution in [0.2, 0.25) is 0 Å². The lowest BCUT2D eigenvalue weighted by Crippen LogP contribution is -2.16. The molecule has 0 amide bonds. The van der Waals surface area contributed by atoms with Crippen LogP contribution in [-0.2, 0) is 0 Å². The average Bonchev–Trinajstić information content (AvgIpc) is 2.40. The Kier molecular flexibility index (Phi) is 3.61. The van der Waals surface area contributed by atoms with Gasteiger partial charge in [0.25, 0.3) is 0 Å². The molecule has 1 aromatic carbocycles. The second-order valence-electron chi connectivity index (χ2n) is 4.03. The Labute approximate surface area is 110 Å². The molecule has 0 bridgehead atoms. The number of rotatable bonds is 3. The van der Waals surface area contributed by atoms with E-state index in [0.29, 0.717) is 17.1 Å². The molecule has 98 valence electrons. The number of hydrogen-bond donors (Lipinski definition) is 2. The van der Waals surface area contributed by atoms with Gasteiger partial charge >= 0.3 is 6.01 Å². The van der Waals surface area contributed by atoms with Crippen molar-refractivity contribution in [2.75, 3.05) is 0 Å². The summed E-state index contributed by atoms with van der Waals surface area (Å²) in [6.07, 6.45) is 0. The van der Waals surface area contributed by atoms with E-state index >= 15 is 0 Å². The zero-order valence-corrected chi connectivity index (χ0v) is 10.7. The van der Waals surface area contributed by atoms with Gasteiger partial charge in [0.05, 0.1) is 0 Å². The Hall–Kier alpha value is -2.63. The zero-order valence-electron chi connectivity index (χ0n) is 10.7. The molecule has 0 saturated heterocycles. The van der Waals surface area contributed by atoms with Gasteiger partial charge in [0.2, 0.25) is 0 Å². The summed E-state index contributed by atoms with van der Waals surface area (Å²) in [7, 11) is 0. The molecule has 0 fully saturated rings. The summed E-state index contributed by atoms with van der Waals surface area (Å²) in [6.45, 7) is 3.70. The standard InChI is InChI=1S/C13H14N4O2/c1-8-5-3-4-6-11(8)19-13-15-9(2)7-10(16-13)12(14)17-18/h3-7,18H,1-2H3,(H2,14,17). The monoisotopic (exact) mass is 258 g/mol. The average molecular weight is 258 g/mol. The molecule has 2 rings (SSSR count). The van der Waals surface area contributed by atoms with Gasteiger partial charge in [-0.15, -0.1) is 0 Å². The van der Waals surface area contributed by atoms with Gasteiger partial charge in [-0.1, -0.05) is 23.4 Å². The van der Waals surface area contributed by atoms with Crippen molar-refractivity contribution in [1.82, 2.24) is 9.97 Å². The van der Waals surface area contributed by atoms with E-state index in [2.05, 4.69) is 15.1 Å². The van der Waals surface area contributed by atoms with Gasteiger partial charge in [-0.25, -0.2) is 4.98 Å². The molecule has 0 spiro atoms. The molecule has 0 aliphatic carbocycles. The molecular formula is C13H14N4O2. The molecule has 1 aromatic heterocycles. The molecule has 19 heavy (non-hydrogen) atoms. The summed E-state index contributed by atoms with van der Waals surface area (Å²) in [5, 5.41) is 11.6. The minimum absolute atomic E-state index is 0.0832. The Bertz CT molecular complexity index is 626. The van der Waals surface area contributed by atoms with Crippen LogP contribution in [0.1, 0.15) is 17.0 Å². The molecule has 0 saturated carbocycles. The van der Waals surface area contributed by atoms with E-state index in [1.807, 2.05) is 31.2 Å². The normalized spacial score (nSPS) is 11.4. The largest absolute Gasteiger partial charge is 0.424 e. The lowest BCUT2D eigenvalue weighted by molar-refractivity contribution is 0.318. The first-order chi connectivity index (χ1) is 9.10. The quantitative estimate of drug-likeness (QED) is 0.380. The number of ether oxygens (including phenoxy) is 1. The minimum Gasteiger partial charge on any atom is -0.424 e. The highest BCUT2D eigenvalue weighted by Gasteiger charge is 2.09. The van der Waals surface area contributed by atoms with Crippen molar-refractivity contribution in [3.63, 3.8) is 0 Å². The van der Waals surface area contributed by atoms with E-state index in [0.717, 1.165) is 5.56 Å². The number of para-hydroxylation sites is 1. The second-order valence-corrected chi connectivity index (χ2v) is 4.03. The van der Waals surface area contributed by atoms with Crippen LogP contribution in [0.5, 0.6) is 11.8 Å². The highest BCUT2D eigenvalue weighted by molar-refractivity contribution is 5.95. The fourth-order valence-electron chi connectivity index (χ4n) is 1.54. The number of oxime groups is 1. The second kappa shape index (κ2) is 5.34. The van der Waals surface area contributed by atoms with Crippen LogP contribution in [-0.4, -0.2) is 21.0 Å². The number of nitrogens with two attached hydrogens (primary N) is 1. The molecule has 0 unspecified atom stereocenters. The predicted molar refractivity (Wildman–Crippen MR) is 70.5 cm³/mol. The zero-order chi connectivity index (χ0) is 13.8. The minimum atomic E-state index is -0.0832. The van der Waals surface area contributed by atoms with Crippen LogP contribution in [0, 0.1) is 13.8 Å². The topological polar surface area (TPSA) is 93.6 Å². The van der Waals surface area contributed by atoms with Gasteiger partial charge in [-0.3, -0.25) is 0 Å². The van der Waals surface area contributed by atoms with Crippen molar-refractivity contribution in [3.8, 4) is 11.8 Å². The third kappa shape index (κ3) is 2.98. The predicted octanol–water partition coefficient (Wildman–Crippen LogP) is 1.98. The van der Waals surface area contributed by atoms with Gasteiger partial charge in [-0.2, -0.15) is 4.98 Å². The van der Waals surface area contributed by atoms with Crippen molar-refractivity contribution in [2.24, 2.45) is 10.9 Å². The van der Waals surface area contributed by atoms with E-state index in [9.17, 15) is 0 Å². The smallest absolute Gasteiger partial charge is 0.322 e. The molecule has 3 N–H and O–H groups in total. The van der Waals surface area contributed by atoms with E-state index in [1.165, 1.54) is 0 Å². The Morgan fingerprint density at radius 3 is 2.68 bits per heavy atom. The maximum Gasteiger partial charge on any atom is 0.322 e. The molecule has 1 heterocycles. The van der Waals surface area contributed by atoms with Gasteiger partial charge in [0, 0.05) is 5.69 Å². The lowest BCUT2D eigenvalue weighted by Gasteiger charge is -2.08. The summed E-state index contributed by atoms with van der Waals surface area (Å²) in [5.74, 6) is 0.582. The number of nitrogens with zero attached hydrogens (tertiary/aromatic N) is 3. The van der Waals surface area contributed by atoms with Crippen molar-refractivity contribution in [3.05, 3.63) is 47.3 Å². The van der Waals surface area contributed by atoms with E-state index in [-0.39, 0.29) is 11.8 Å². The molecule has 0 aliphatic heterocycles. The summed E-state index contributed by atoms with van der Waals surface area (Å²) < 4.78 is 5.61. The molecule has 0 aliphatic rings. The number of benzene rings is 1. The maximum atomic E-state index is 8.67. The van der Waals surface area contributed by atoms with Crippen molar-refractivity contribution in [1.29, 1.82) is 0 Å². The van der Waals surface area contributed by atoms with E-state index < -0.39 is 0 Å². The van der Waals surface area contributed by atoms with Crippen LogP contribution in [0.4, 0.5) is 0 Å². The van der Waals surface area contributed by atoms with Crippen LogP contribution in [0.15, 0.2) is 35.5 Å². The SMILES string of the molecule is Cc1cc(/C(N)=N/O)nc(Oc2ccccc2C)n1. The van der Waals surface area contributed by atoms with Crippen LogP contribution in [0.3, 0.4) is 0 Å². The van der Waals surface area contributed by atoms with Crippen molar-refractivity contribution < 1.29 is 9.94 Å². The lowest BCUT2D eigenvalue weighted by atomic mass is 10.2. The third-order valence-corrected chi connectivity index (χ3v) is 2.50. The van der Waals surface area contributed by atoms with Crippen LogP contribution in [0.25, 0.3) is 0 Å². The third-order valence-electron chi connectivity index (χ3n) is 2.50. The summed E-state index contributed by atoms with van der Waals surface area (Å²) in [6, 6.07) is 9.30. The summed E-state index contributed by atoms with van der Waals surface area (Å²) in [5.41, 5.74) is 7.46. The highest BCUT2D eigenvalue weighted by Crippen LogP contribution is 2.22. The van der Waals surface area contributed by atoms with Crippen molar-refractivity contribution in [2.45, 2.75) is 13.8 Å². The molecule has 0 atom stereocenters. The molecule has 6 nitrogen and oxygen atoms in total. The first kappa shape index (κ1) is 12.8. The highest BCUT2D eigenvalue weighted by atomic mass is 16.5. The van der Waals surface area contributed by atoms with E-state index in [4.69, 9.17) is 15.7 Å². The molecule has 0 radical (unpaired) electrons. The van der Waals surface area contributed by atoms with Crippen molar-refractivity contribution >= 4 is 5.84 Å². The Balaban J connectivity index is 2.36. The Morgan fingerprint density at radius 1 is 1.26 bits per heavy atom. The van der Waals surface area contributed by atoms with Gasteiger partial charge in [0.1, 0.15) is 11.4 Å². The number of aryl methyl sites for hydroxylation is 2. The first-order valence-corrected chi connectivity index (χ1v) is 5.67. The summed E-state index contributed by atoms with van der Waals surface area (Å²) >= 11 is 0. The van der Waals surface area contributed by atoms with Gasteiger partial charge in [0.15, 0.2) is 5.84 Å². The fraction of sp³-hybridized carbons (Fsp3) is 0.154. The fourth-order valence-corrected chi connectivity index (χ4v) is 1.54. The molecular weight excluding hydrogens is 244 g/mol. The Morgan fingerprint density at radius 2 is 2.00 bits per heavy atom. The van der Waals surface area contributed by atoms with Gasteiger partial charge < -0.3 is 15.7 Å². The van der Waals surface area contributed by atoms with Crippen LogP contribution >= 0.6 is 0 Å². The van der Waals surface area contributed by atoms with E-state index in [1.54, 1.807) is 13.0 Å². The number of amidine groups is 1. The maximum absolute atomic E-state index is 8.67. The summed E-state index contributed by atoms with van der Waals surface area (Å²) in [4.78, 5) is 8.25. The number of aromatic nitrogens is 2. The molecule has 6 heteroatoms. The molecule has 2 aromatic rings. The van der Waals surface area contributed by atoms with Crippen LogP contribution < -0.4 is 10.5 Å². The van der Waals surface area contributed by atoms with Gasteiger partial charge in [-0.05, 0) is 31.5 Å². The number of hydrogen-bond acceptors (Lipinski definition) is 5.